The molecule has 0 saturated heterocycles. The highest BCUT2D eigenvalue weighted by molar-refractivity contribution is 6.74. The number of esters is 2. The Morgan fingerprint density at radius 3 is 2.30 bits per heavy atom. The van der Waals surface area contributed by atoms with Crippen LogP contribution in [0.15, 0.2) is 18.2 Å². The lowest BCUT2D eigenvalue weighted by Crippen LogP contribution is -2.49. The van der Waals surface area contributed by atoms with E-state index in [9.17, 15) is 9.59 Å². The summed E-state index contributed by atoms with van der Waals surface area (Å²) in [7, 11) is -2.00. The number of benzene rings is 1. The molecule has 5 atom stereocenters. The van der Waals surface area contributed by atoms with Gasteiger partial charge < -0.3 is 13.9 Å². The predicted molar refractivity (Wildman–Crippen MR) is 149 cm³/mol. The van der Waals surface area contributed by atoms with Gasteiger partial charge in [-0.25, -0.2) is 0 Å². The molecule has 0 heterocycles. The van der Waals surface area contributed by atoms with Crippen molar-refractivity contribution in [2.45, 2.75) is 104 Å². The molecule has 1 aromatic carbocycles. The Labute approximate surface area is 225 Å². The summed E-state index contributed by atoms with van der Waals surface area (Å²) in [4.78, 5) is 26.7. The van der Waals surface area contributed by atoms with Crippen molar-refractivity contribution in [1.29, 1.82) is 0 Å². The molecule has 1 aromatic rings. The molecule has 0 aliphatic heterocycles. The van der Waals surface area contributed by atoms with Crippen molar-refractivity contribution in [2.75, 3.05) is 13.2 Å². The second kappa shape index (κ2) is 10.4. The third-order valence-electron chi connectivity index (χ3n) is 10.3. The molecule has 37 heavy (non-hydrogen) atoms. The van der Waals surface area contributed by atoms with E-state index in [2.05, 4.69) is 59.0 Å². The lowest BCUT2D eigenvalue weighted by Gasteiger charge is -2.53. The van der Waals surface area contributed by atoms with Gasteiger partial charge in [-0.15, -0.1) is 0 Å². The summed E-state index contributed by atoms with van der Waals surface area (Å²) in [6.07, 6.45) is 6.63. The molecular formula is C31H48O5Si. The van der Waals surface area contributed by atoms with Gasteiger partial charge in [-0.2, -0.15) is 0 Å². The van der Waals surface area contributed by atoms with Crippen LogP contribution in [-0.2, 0) is 25.5 Å². The zero-order chi connectivity index (χ0) is 27.2. The first-order valence-corrected chi connectivity index (χ1v) is 17.4. The molecule has 0 N–H and O–H groups in total. The molecule has 2 saturated carbocycles. The van der Waals surface area contributed by atoms with Gasteiger partial charge in [-0.3, -0.25) is 9.59 Å². The molecule has 206 valence electrons. The van der Waals surface area contributed by atoms with Gasteiger partial charge in [0.2, 0.25) is 8.32 Å². The molecule has 5 nitrogen and oxygen atoms in total. The van der Waals surface area contributed by atoms with Crippen LogP contribution in [0.25, 0.3) is 0 Å². The number of carbonyl (C=O) groups is 2. The normalized spacial score (nSPS) is 29.2. The molecule has 0 amide bonds. The van der Waals surface area contributed by atoms with E-state index < -0.39 is 26.2 Å². The van der Waals surface area contributed by atoms with Crippen molar-refractivity contribution < 1.29 is 23.5 Å². The van der Waals surface area contributed by atoms with Gasteiger partial charge in [0.05, 0.1) is 13.2 Å². The fraction of sp³-hybridized carbons (Fsp3) is 0.742. The smallest absolute Gasteiger partial charge is 0.320 e. The standard InChI is InChI=1S/C31H48O5Si/c1-9-34-28(32)27(29(33)35-10-2)24-19-20-18-21(36-37(7,8)30(3,4)5)13-14-22(20)23-15-17-31(6)16-11-12-25(31)26(23)24/h13-14,18,23-27H,9-12,15-17,19H2,1-8H3/t23?,24-,25?,26?,31+/m1/s1. The van der Waals surface area contributed by atoms with Crippen LogP contribution in [0.1, 0.15) is 90.7 Å². The summed E-state index contributed by atoms with van der Waals surface area (Å²) in [5.74, 6) is 0.193. The first-order chi connectivity index (χ1) is 17.3. The zero-order valence-electron chi connectivity index (χ0n) is 24.3. The highest BCUT2D eigenvalue weighted by Gasteiger charge is 2.57. The molecule has 6 heteroatoms. The number of hydrogen-bond donors (Lipinski definition) is 0. The highest BCUT2D eigenvalue weighted by Crippen LogP contribution is 2.63. The minimum absolute atomic E-state index is 0.103. The average Bonchev–Trinajstić information content (AvgIpc) is 3.20. The lowest BCUT2D eigenvalue weighted by atomic mass is 9.51. The number of hydrogen-bond acceptors (Lipinski definition) is 5. The Bertz CT molecular complexity index is 993. The van der Waals surface area contributed by atoms with E-state index in [0.717, 1.165) is 12.2 Å². The largest absolute Gasteiger partial charge is 0.543 e. The average molecular weight is 529 g/mol. The van der Waals surface area contributed by atoms with Gasteiger partial charge in [0.15, 0.2) is 5.92 Å². The maximum atomic E-state index is 13.3. The third kappa shape index (κ3) is 5.24. The highest BCUT2D eigenvalue weighted by atomic mass is 28.4. The minimum Gasteiger partial charge on any atom is -0.543 e. The Morgan fingerprint density at radius 1 is 1.05 bits per heavy atom. The van der Waals surface area contributed by atoms with Crippen LogP contribution in [0.2, 0.25) is 18.1 Å². The number of fused-ring (bicyclic) bond motifs is 5. The van der Waals surface area contributed by atoms with Crippen LogP contribution in [0, 0.1) is 29.1 Å². The van der Waals surface area contributed by atoms with Gasteiger partial charge in [0.25, 0.3) is 0 Å². The summed E-state index contributed by atoms with van der Waals surface area (Å²) in [6, 6.07) is 6.65. The summed E-state index contributed by atoms with van der Waals surface area (Å²) < 4.78 is 17.7. The Morgan fingerprint density at radius 2 is 1.70 bits per heavy atom. The molecule has 3 aliphatic rings. The van der Waals surface area contributed by atoms with Crippen molar-refractivity contribution in [3.05, 3.63) is 29.3 Å². The lowest BCUT2D eigenvalue weighted by molar-refractivity contribution is -0.167. The summed E-state index contributed by atoms with van der Waals surface area (Å²) in [5, 5.41) is 0.103. The van der Waals surface area contributed by atoms with E-state index in [1.165, 1.54) is 36.8 Å². The summed E-state index contributed by atoms with van der Waals surface area (Å²) >= 11 is 0. The van der Waals surface area contributed by atoms with Crippen LogP contribution in [0.3, 0.4) is 0 Å². The molecule has 2 fully saturated rings. The first-order valence-electron chi connectivity index (χ1n) is 14.5. The molecule has 4 rings (SSSR count). The molecule has 0 bridgehead atoms. The Kier molecular flexibility index (Phi) is 7.92. The quantitative estimate of drug-likeness (QED) is 0.211. The van der Waals surface area contributed by atoms with E-state index in [1.54, 1.807) is 13.8 Å². The van der Waals surface area contributed by atoms with Crippen molar-refractivity contribution in [1.82, 2.24) is 0 Å². The van der Waals surface area contributed by atoms with E-state index >= 15 is 0 Å². The van der Waals surface area contributed by atoms with Gasteiger partial charge in [-0.05, 0) is 116 Å². The first kappa shape index (κ1) is 28.2. The number of carbonyl (C=O) groups excluding carboxylic acids is 2. The maximum absolute atomic E-state index is 13.3. The van der Waals surface area contributed by atoms with Crippen molar-refractivity contribution in [3.63, 3.8) is 0 Å². The minimum atomic E-state index is -2.00. The molecule has 0 radical (unpaired) electrons. The van der Waals surface area contributed by atoms with Crippen LogP contribution < -0.4 is 4.43 Å². The van der Waals surface area contributed by atoms with Crippen LogP contribution >= 0.6 is 0 Å². The fourth-order valence-corrected chi connectivity index (χ4v) is 8.44. The topological polar surface area (TPSA) is 61.8 Å². The zero-order valence-corrected chi connectivity index (χ0v) is 25.3. The fourth-order valence-electron chi connectivity index (χ4n) is 7.42. The van der Waals surface area contributed by atoms with Gasteiger partial charge >= 0.3 is 11.9 Å². The Hall–Kier alpha value is -1.82. The molecule has 0 spiro atoms. The maximum Gasteiger partial charge on any atom is 0.320 e. The van der Waals surface area contributed by atoms with Crippen molar-refractivity contribution in [2.24, 2.45) is 29.1 Å². The monoisotopic (exact) mass is 528 g/mol. The predicted octanol–water partition coefficient (Wildman–Crippen LogP) is 7.29. The van der Waals surface area contributed by atoms with E-state index in [4.69, 9.17) is 13.9 Å². The van der Waals surface area contributed by atoms with Crippen molar-refractivity contribution in [3.8, 4) is 5.75 Å². The second-order valence-corrected chi connectivity index (χ2v) is 18.2. The molecular weight excluding hydrogens is 480 g/mol. The van der Waals surface area contributed by atoms with E-state index in [1.807, 2.05) is 0 Å². The van der Waals surface area contributed by atoms with Crippen LogP contribution in [-0.4, -0.2) is 33.5 Å². The molecule has 3 aliphatic carbocycles. The third-order valence-corrected chi connectivity index (χ3v) is 14.6. The van der Waals surface area contributed by atoms with E-state index in [-0.39, 0.29) is 35.5 Å². The van der Waals surface area contributed by atoms with Gasteiger partial charge in [-0.1, -0.05) is 40.2 Å². The number of rotatable bonds is 7. The Balaban J connectivity index is 1.78. The van der Waals surface area contributed by atoms with Crippen LogP contribution in [0.5, 0.6) is 5.75 Å². The second-order valence-electron chi connectivity index (χ2n) is 13.4. The SMILES string of the molecule is CCOC(=O)C(C(=O)OCC)[C@@H]1Cc2cc(O[Si](C)(C)C(C)(C)C)ccc2C2CC[C@]3(C)CCCC3C21. The van der Waals surface area contributed by atoms with Gasteiger partial charge in [0.1, 0.15) is 5.75 Å². The van der Waals surface area contributed by atoms with Gasteiger partial charge in [0, 0.05) is 0 Å². The summed E-state index contributed by atoms with van der Waals surface area (Å²) in [6.45, 7) is 17.9. The van der Waals surface area contributed by atoms with E-state index in [0.29, 0.717) is 18.3 Å². The molecule has 0 aromatic heterocycles. The number of ether oxygens (including phenoxy) is 2. The molecule has 3 unspecified atom stereocenters. The van der Waals surface area contributed by atoms with Crippen LogP contribution in [0.4, 0.5) is 0 Å². The summed E-state index contributed by atoms with van der Waals surface area (Å²) in [5.41, 5.74) is 2.91. The van der Waals surface area contributed by atoms with Crippen molar-refractivity contribution >= 4 is 20.3 Å².